The zero-order chi connectivity index (χ0) is 17.1. The van der Waals surface area contributed by atoms with Crippen LogP contribution in [-0.2, 0) is 9.53 Å². The molecule has 5 heteroatoms. The highest BCUT2D eigenvalue weighted by molar-refractivity contribution is 5.93. The second-order valence-corrected chi connectivity index (χ2v) is 6.32. The number of carbonyl (C=O) groups is 1. The normalized spacial score (nSPS) is 16.9. The predicted molar refractivity (Wildman–Crippen MR) is 95.8 cm³/mol. The van der Waals surface area contributed by atoms with Gasteiger partial charge in [-0.3, -0.25) is 4.79 Å². The molecule has 2 N–H and O–H groups in total. The van der Waals surface area contributed by atoms with Crippen molar-refractivity contribution in [2.24, 2.45) is 0 Å². The van der Waals surface area contributed by atoms with E-state index >= 15 is 0 Å². The number of aromatic nitrogens is 1. The first kappa shape index (κ1) is 16.5. The summed E-state index contributed by atoms with van der Waals surface area (Å²) in [5.74, 6) is 0.421. The Morgan fingerprint density at radius 2 is 1.96 bits per heavy atom. The lowest BCUT2D eigenvalue weighted by atomic mass is 10.0. The van der Waals surface area contributed by atoms with E-state index in [1.165, 1.54) is 16.7 Å². The van der Waals surface area contributed by atoms with E-state index in [0.29, 0.717) is 12.4 Å². The van der Waals surface area contributed by atoms with E-state index in [9.17, 15) is 4.79 Å². The molecule has 1 unspecified atom stereocenters. The van der Waals surface area contributed by atoms with Gasteiger partial charge in [-0.15, -0.1) is 0 Å². The smallest absolute Gasteiger partial charge is 0.254 e. The lowest BCUT2D eigenvalue weighted by Crippen LogP contribution is -2.27. The fourth-order valence-corrected chi connectivity index (χ4v) is 3.05. The van der Waals surface area contributed by atoms with E-state index in [4.69, 9.17) is 4.74 Å². The molecule has 2 heterocycles. The topological polar surface area (TPSA) is 63.2 Å². The monoisotopic (exact) mass is 325 g/mol. The molecule has 0 radical (unpaired) electrons. The Hall–Kier alpha value is -2.40. The average molecular weight is 325 g/mol. The molecule has 1 amide bonds. The second-order valence-electron chi connectivity index (χ2n) is 6.32. The first-order chi connectivity index (χ1) is 11.5. The number of rotatable bonds is 4. The summed E-state index contributed by atoms with van der Waals surface area (Å²) in [5.41, 5.74) is 5.63. The van der Waals surface area contributed by atoms with Gasteiger partial charge in [0, 0.05) is 12.3 Å². The molecule has 5 nitrogen and oxygen atoms in total. The summed E-state index contributed by atoms with van der Waals surface area (Å²) in [6.07, 6.45) is 3.09. The largest absolute Gasteiger partial charge is 0.368 e. The third-order valence-electron chi connectivity index (χ3n) is 4.18. The van der Waals surface area contributed by atoms with E-state index in [0.717, 1.165) is 24.2 Å². The standard InChI is InChI=1S/C19H23N3O2/c1-12-9-13(2)18(14(3)10-12)21-15-6-7-17(20-11-15)22-19(23)16-5-4-8-24-16/h6-7,9-11,16,21H,4-5,8H2,1-3H3,(H,20,22,23). The van der Waals surface area contributed by atoms with E-state index in [1.54, 1.807) is 12.3 Å². The molecule has 1 atom stereocenters. The molecule has 24 heavy (non-hydrogen) atoms. The summed E-state index contributed by atoms with van der Waals surface area (Å²) in [4.78, 5) is 16.3. The molecule has 0 saturated carbocycles. The third-order valence-corrected chi connectivity index (χ3v) is 4.18. The second kappa shape index (κ2) is 7.01. The number of ether oxygens (including phenoxy) is 1. The zero-order valence-electron chi connectivity index (χ0n) is 14.3. The molecule has 0 bridgehead atoms. The molecular weight excluding hydrogens is 302 g/mol. The van der Waals surface area contributed by atoms with Crippen LogP contribution in [0.1, 0.15) is 29.5 Å². The van der Waals surface area contributed by atoms with Gasteiger partial charge in [0.15, 0.2) is 0 Å². The lowest BCUT2D eigenvalue weighted by Gasteiger charge is -2.14. The van der Waals surface area contributed by atoms with Crippen molar-refractivity contribution in [2.45, 2.75) is 39.7 Å². The van der Waals surface area contributed by atoms with E-state index in [2.05, 4.69) is 48.5 Å². The third kappa shape index (κ3) is 3.74. The molecule has 2 aromatic rings. The van der Waals surface area contributed by atoms with Crippen LogP contribution in [0.5, 0.6) is 0 Å². The number of hydrogen-bond acceptors (Lipinski definition) is 4. The minimum atomic E-state index is -0.345. The van der Waals surface area contributed by atoms with Gasteiger partial charge in [0.05, 0.1) is 11.9 Å². The molecular formula is C19H23N3O2. The first-order valence-corrected chi connectivity index (χ1v) is 8.26. The summed E-state index contributed by atoms with van der Waals surface area (Å²) >= 11 is 0. The SMILES string of the molecule is Cc1cc(C)c(Nc2ccc(NC(=O)C3CCCO3)nc2)c(C)c1. The number of nitrogens with zero attached hydrogens (tertiary/aromatic N) is 1. The maximum absolute atomic E-state index is 12.0. The number of hydrogen-bond donors (Lipinski definition) is 2. The summed E-state index contributed by atoms with van der Waals surface area (Å²) < 4.78 is 5.37. The van der Waals surface area contributed by atoms with Crippen LogP contribution >= 0.6 is 0 Å². The molecule has 1 fully saturated rings. The van der Waals surface area contributed by atoms with Crippen LogP contribution < -0.4 is 10.6 Å². The van der Waals surface area contributed by atoms with Crippen molar-refractivity contribution in [2.75, 3.05) is 17.2 Å². The number of amides is 1. The Bertz CT molecular complexity index is 712. The molecule has 1 aromatic heterocycles. The van der Waals surface area contributed by atoms with Crippen LogP contribution in [-0.4, -0.2) is 23.6 Å². The van der Waals surface area contributed by atoms with Crippen LogP contribution in [0.25, 0.3) is 0 Å². The summed E-state index contributed by atoms with van der Waals surface area (Å²) in [6, 6.07) is 8.02. The quantitative estimate of drug-likeness (QED) is 0.896. The maximum Gasteiger partial charge on any atom is 0.254 e. The van der Waals surface area contributed by atoms with Crippen LogP contribution in [0.15, 0.2) is 30.5 Å². The molecule has 3 rings (SSSR count). The minimum Gasteiger partial charge on any atom is -0.368 e. The average Bonchev–Trinajstić information content (AvgIpc) is 3.07. The van der Waals surface area contributed by atoms with Crippen molar-refractivity contribution in [3.05, 3.63) is 47.2 Å². The van der Waals surface area contributed by atoms with Crippen LogP contribution in [0.2, 0.25) is 0 Å². The fourth-order valence-electron chi connectivity index (χ4n) is 3.05. The van der Waals surface area contributed by atoms with E-state index in [-0.39, 0.29) is 12.0 Å². The number of carbonyl (C=O) groups excluding carboxylic acids is 1. The van der Waals surface area contributed by atoms with Crippen molar-refractivity contribution in [1.82, 2.24) is 4.98 Å². The Morgan fingerprint density at radius 3 is 2.54 bits per heavy atom. The lowest BCUT2D eigenvalue weighted by molar-refractivity contribution is -0.124. The van der Waals surface area contributed by atoms with Gasteiger partial charge in [0.1, 0.15) is 11.9 Å². The molecule has 0 spiro atoms. The van der Waals surface area contributed by atoms with Gasteiger partial charge >= 0.3 is 0 Å². The molecule has 126 valence electrons. The summed E-state index contributed by atoms with van der Waals surface area (Å²) in [5, 5.41) is 6.21. The van der Waals surface area contributed by atoms with Crippen molar-refractivity contribution in [3.63, 3.8) is 0 Å². The number of nitrogens with one attached hydrogen (secondary N) is 2. The number of pyridine rings is 1. The van der Waals surface area contributed by atoms with Crippen molar-refractivity contribution >= 4 is 23.1 Å². The Balaban J connectivity index is 1.67. The van der Waals surface area contributed by atoms with E-state index < -0.39 is 0 Å². The molecule has 1 aromatic carbocycles. The van der Waals surface area contributed by atoms with Crippen molar-refractivity contribution < 1.29 is 9.53 Å². The Labute approximate surface area is 142 Å². The van der Waals surface area contributed by atoms with Gasteiger partial charge in [-0.1, -0.05) is 17.7 Å². The van der Waals surface area contributed by atoms with Gasteiger partial charge in [-0.25, -0.2) is 4.98 Å². The highest BCUT2D eigenvalue weighted by Crippen LogP contribution is 2.26. The van der Waals surface area contributed by atoms with Gasteiger partial charge in [-0.05, 0) is 56.9 Å². The van der Waals surface area contributed by atoms with E-state index in [1.807, 2.05) is 6.07 Å². The van der Waals surface area contributed by atoms with Gasteiger partial charge in [0.25, 0.3) is 5.91 Å². The van der Waals surface area contributed by atoms with Gasteiger partial charge in [-0.2, -0.15) is 0 Å². The Morgan fingerprint density at radius 1 is 1.21 bits per heavy atom. The first-order valence-electron chi connectivity index (χ1n) is 8.26. The van der Waals surface area contributed by atoms with Crippen LogP contribution in [0.4, 0.5) is 17.2 Å². The minimum absolute atomic E-state index is 0.120. The van der Waals surface area contributed by atoms with Crippen molar-refractivity contribution in [1.29, 1.82) is 0 Å². The predicted octanol–water partition coefficient (Wildman–Crippen LogP) is 3.87. The molecule has 1 saturated heterocycles. The van der Waals surface area contributed by atoms with Gasteiger partial charge in [0.2, 0.25) is 0 Å². The number of aryl methyl sites for hydroxylation is 3. The molecule has 0 aliphatic carbocycles. The fraction of sp³-hybridized carbons (Fsp3) is 0.368. The number of anilines is 3. The summed E-state index contributed by atoms with van der Waals surface area (Å²) in [7, 11) is 0. The molecule has 1 aliphatic rings. The van der Waals surface area contributed by atoms with Gasteiger partial charge < -0.3 is 15.4 Å². The zero-order valence-corrected chi connectivity index (χ0v) is 14.3. The van der Waals surface area contributed by atoms with Crippen LogP contribution in [0.3, 0.4) is 0 Å². The number of benzene rings is 1. The summed E-state index contributed by atoms with van der Waals surface area (Å²) in [6.45, 7) is 6.93. The Kier molecular flexibility index (Phi) is 4.81. The highest BCUT2D eigenvalue weighted by Gasteiger charge is 2.23. The van der Waals surface area contributed by atoms with Crippen molar-refractivity contribution in [3.8, 4) is 0 Å². The highest BCUT2D eigenvalue weighted by atomic mass is 16.5. The maximum atomic E-state index is 12.0. The van der Waals surface area contributed by atoms with Crippen LogP contribution in [0, 0.1) is 20.8 Å². The molecule has 1 aliphatic heterocycles.